The third-order valence-corrected chi connectivity index (χ3v) is 17.2. The first-order valence-electron chi connectivity index (χ1n) is 35.4. The van der Waals surface area contributed by atoms with E-state index in [9.17, 15) is 61.3 Å². The molecule has 92 heavy (non-hydrogen) atoms. The third kappa shape index (κ3) is 47.8. The lowest BCUT2D eigenvalue weighted by Gasteiger charge is -2.36. The smallest absolute Gasteiger partial charge is 0.0681 e. The molecule has 0 radical (unpaired) electrons. The van der Waals surface area contributed by atoms with E-state index in [0.29, 0.717) is 103 Å². The van der Waals surface area contributed by atoms with Gasteiger partial charge in [-0.15, -0.1) is 0 Å². The molecule has 28 N–H and O–H groups in total. The fourth-order valence-electron chi connectivity index (χ4n) is 13.1. The molecule has 0 heterocycles. The molecule has 0 amide bonds. The predicted molar refractivity (Wildman–Crippen MR) is 372 cm³/mol. The van der Waals surface area contributed by atoms with Crippen LogP contribution in [0.1, 0.15) is 186 Å². The molecule has 0 saturated heterocycles. The Morgan fingerprint density at radius 3 is 0.457 bits per heavy atom. The van der Waals surface area contributed by atoms with Crippen molar-refractivity contribution >= 4 is 0 Å². The molecule has 0 aliphatic rings. The van der Waals surface area contributed by atoms with Crippen LogP contribution in [0.5, 0.6) is 0 Å². The fraction of sp³-hybridized carbons (Fsp3) is 1.00. The van der Waals surface area contributed by atoms with E-state index in [-0.39, 0.29) is 151 Å². The van der Waals surface area contributed by atoms with Gasteiger partial charge >= 0.3 is 0 Å². The van der Waals surface area contributed by atoms with Crippen LogP contribution in [0.4, 0.5) is 0 Å². The van der Waals surface area contributed by atoms with E-state index in [2.05, 4.69) is 9.80 Å². The average molecular weight is 1330 g/mol. The van der Waals surface area contributed by atoms with E-state index in [1.807, 2.05) is 103 Å². The summed E-state index contributed by atoms with van der Waals surface area (Å²) in [6.45, 7) is 26.3. The molecule has 26 heteroatoms. The van der Waals surface area contributed by atoms with Crippen LogP contribution in [0.2, 0.25) is 0 Å². The Morgan fingerprint density at radius 2 is 0.326 bits per heavy atom. The highest BCUT2D eigenvalue weighted by Crippen LogP contribution is 2.20. The summed E-state index contributed by atoms with van der Waals surface area (Å²) in [4.78, 5) is 12.0. The highest BCUT2D eigenvalue weighted by molar-refractivity contribution is 4.86. The summed E-state index contributed by atoms with van der Waals surface area (Å²) in [5, 5.41) is 136. The molecule has 0 saturated carbocycles. The van der Waals surface area contributed by atoms with Gasteiger partial charge in [-0.05, 0) is 186 Å². The minimum absolute atomic E-state index is 0.222. The number of unbranched alkanes of at least 4 members (excludes halogenated alkanes) is 3. The molecular weight excluding hydrogens is 1180 g/mol. The van der Waals surface area contributed by atoms with E-state index in [1.54, 1.807) is 0 Å². The van der Waals surface area contributed by atoms with E-state index in [0.717, 1.165) is 12.8 Å². The molecule has 0 bridgehead atoms. The van der Waals surface area contributed by atoms with Crippen LogP contribution in [0.25, 0.3) is 0 Å². The Kier molecular flexibility index (Phi) is 49.7. The Labute approximate surface area is 557 Å². The van der Waals surface area contributed by atoms with Gasteiger partial charge in [0.05, 0.1) is 73.2 Å². The lowest BCUT2D eigenvalue weighted by molar-refractivity contribution is 0.00540. The SMILES string of the molecule is CC(N)CC(O)CN(CC(O)CC(C)N)C(C)CC(O)CN(CCCCCCN(CC(O)CC(C)N(CC(O)CC(C)N)CC(O)CC(C)N)CC(O)CC(C)N(CC(O)CC(C)N)CC(O)CC(C)N)CC(O)CC(C)N(CC(O)CC(C)N)CC(O)CC(C)N. The van der Waals surface area contributed by atoms with Crippen molar-refractivity contribution in [1.29, 1.82) is 0 Å². The number of hydrogen-bond acceptors (Lipinski definition) is 26. The summed E-state index contributed by atoms with van der Waals surface area (Å²) in [5.41, 5.74) is 48.4. The zero-order valence-electron chi connectivity index (χ0n) is 59.7. The first-order valence-corrected chi connectivity index (χ1v) is 35.4. The highest BCUT2D eigenvalue weighted by atomic mass is 16.3. The van der Waals surface area contributed by atoms with Gasteiger partial charge in [-0.2, -0.15) is 0 Å². The quantitative estimate of drug-likeness (QED) is 0.0285. The van der Waals surface area contributed by atoms with Crippen molar-refractivity contribution in [3.05, 3.63) is 0 Å². The second-order valence-corrected chi connectivity index (χ2v) is 29.6. The van der Waals surface area contributed by atoms with Gasteiger partial charge in [0.15, 0.2) is 0 Å². The summed E-state index contributed by atoms with van der Waals surface area (Å²) >= 11 is 0. The van der Waals surface area contributed by atoms with Gasteiger partial charge in [0.25, 0.3) is 0 Å². The van der Waals surface area contributed by atoms with Crippen molar-refractivity contribution in [2.75, 3.05) is 91.6 Å². The summed E-state index contributed by atoms with van der Waals surface area (Å²) in [7, 11) is 0. The zero-order chi connectivity index (χ0) is 70.5. The van der Waals surface area contributed by atoms with Crippen molar-refractivity contribution in [3.63, 3.8) is 0 Å². The Balaban J connectivity index is 6.93. The number of nitrogens with zero attached hydrogens (tertiary/aromatic N) is 6. The minimum atomic E-state index is -0.860. The number of aliphatic hydroxyl groups is 12. The molecule has 26 nitrogen and oxygen atoms in total. The lowest BCUT2D eigenvalue weighted by atomic mass is 10.0. The summed E-state index contributed by atoms with van der Waals surface area (Å²) in [6, 6.07) is -2.98. The minimum Gasteiger partial charge on any atom is -0.392 e. The summed E-state index contributed by atoms with van der Waals surface area (Å²) in [5.74, 6) is 0. The van der Waals surface area contributed by atoms with Gasteiger partial charge in [0.2, 0.25) is 0 Å². The number of nitrogens with two attached hydrogens (primary N) is 8. The van der Waals surface area contributed by atoms with Crippen LogP contribution in [-0.2, 0) is 0 Å². The molecule has 24 unspecified atom stereocenters. The maximum atomic E-state index is 11.9. The van der Waals surface area contributed by atoms with Crippen molar-refractivity contribution in [3.8, 4) is 0 Å². The van der Waals surface area contributed by atoms with E-state index in [4.69, 9.17) is 45.9 Å². The molecule has 0 aliphatic heterocycles. The average Bonchev–Trinajstić information content (AvgIpc) is 2.13. The Bertz CT molecular complexity index is 1440. The second kappa shape index (κ2) is 50.3. The van der Waals surface area contributed by atoms with Gasteiger partial charge in [0, 0.05) is 151 Å². The van der Waals surface area contributed by atoms with Crippen LogP contribution < -0.4 is 45.9 Å². The monoisotopic (exact) mass is 1330 g/mol. The van der Waals surface area contributed by atoms with Gasteiger partial charge in [0.1, 0.15) is 0 Å². The normalized spacial score (nSPS) is 20.8. The van der Waals surface area contributed by atoms with Gasteiger partial charge in [-0.1, -0.05) is 12.8 Å². The largest absolute Gasteiger partial charge is 0.392 e. The molecule has 0 rings (SSSR count). The molecule has 554 valence electrons. The molecule has 0 fully saturated rings. The van der Waals surface area contributed by atoms with E-state index < -0.39 is 73.2 Å². The maximum absolute atomic E-state index is 11.9. The Morgan fingerprint density at radius 1 is 0.196 bits per heavy atom. The van der Waals surface area contributed by atoms with Crippen molar-refractivity contribution in [1.82, 2.24) is 29.4 Å². The highest BCUT2D eigenvalue weighted by Gasteiger charge is 2.31. The first-order chi connectivity index (χ1) is 42.7. The topological polar surface area (TPSA) is 470 Å². The maximum Gasteiger partial charge on any atom is 0.0681 e. The first kappa shape index (κ1) is 91.0. The van der Waals surface area contributed by atoms with Crippen molar-refractivity contribution in [2.45, 2.75) is 332 Å². The molecule has 0 aromatic rings. The molecule has 0 spiro atoms. The van der Waals surface area contributed by atoms with Gasteiger partial charge < -0.3 is 107 Å². The van der Waals surface area contributed by atoms with Crippen molar-refractivity contribution < 1.29 is 61.3 Å². The van der Waals surface area contributed by atoms with Crippen LogP contribution in [-0.4, -0.2) is 328 Å². The molecule has 0 aromatic carbocycles. The van der Waals surface area contributed by atoms with Crippen LogP contribution >= 0.6 is 0 Å². The number of rotatable bonds is 59. The second-order valence-electron chi connectivity index (χ2n) is 29.6. The summed E-state index contributed by atoms with van der Waals surface area (Å²) in [6.07, 6.45) is -2.41. The van der Waals surface area contributed by atoms with Crippen molar-refractivity contribution in [2.24, 2.45) is 45.9 Å². The lowest BCUT2D eigenvalue weighted by Crippen LogP contribution is -2.48. The standard InChI is InChI=1S/C66H148N14O12/c1-43(67)19-55(81)35-77(36-56(82)20-44(2)68)51(9)27-63(89)31-75(32-64(90)28-52(10)78(37-57(83)21-45(3)69)38-58(84)22-46(4)70)17-15-13-14-16-18-76(33-65(91)29-53(11)79(39-59(85)23-47(5)71)40-60(86)24-48(6)72)34-66(92)30-54(12)80(41-61(87)25-49(7)73)42-62(88)26-50(8)74/h43-66,81-92H,13-42,67-74H2,1-12H3. The van der Waals surface area contributed by atoms with Crippen LogP contribution in [0.15, 0.2) is 0 Å². The third-order valence-electron chi connectivity index (χ3n) is 17.2. The molecule has 24 atom stereocenters. The number of aliphatic hydroxyl groups excluding tert-OH is 12. The predicted octanol–water partition coefficient (Wildman–Crippen LogP) is -2.30. The summed E-state index contributed by atoms with van der Waals surface area (Å²) < 4.78 is 0. The van der Waals surface area contributed by atoms with Crippen LogP contribution in [0, 0.1) is 0 Å². The van der Waals surface area contributed by atoms with E-state index in [1.165, 1.54) is 0 Å². The van der Waals surface area contributed by atoms with Gasteiger partial charge in [-0.25, -0.2) is 0 Å². The molecular formula is C66H148N14O12. The molecule has 0 aromatic heterocycles. The van der Waals surface area contributed by atoms with E-state index >= 15 is 0 Å². The zero-order valence-corrected chi connectivity index (χ0v) is 59.7. The fourth-order valence-corrected chi connectivity index (χ4v) is 13.1. The number of hydrogen-bond donors (Lipinski definition) is 20. The molecule has 0 aliphatic carbocycles. The Hall–Kier alpha value is -1.04. The van der Waals surface area contributed by atoms with Gasteiger partial charge in [-0.3, -0.25) is 29.4 Å². The van der Waals surface area contributed by atoms with Crippen LogP contribution in [0.3, 0.4) is 0 Å².